The van der Waals surface area contributed by atoms with Gasteiger partial charge in [0.15, 0.2) is 11.5 Å². The zero-order valence-electron chi connectivity index (χ0n) is 17.3. The fourth-order valence-corrected chi connectivity index (χ4v) is 4.34. The Morgan fingerprint density at radius 3 is 2.60 bits per heavy atom. The van der Waals surface area contributed by atoms with E-state index in [2.05, 4.69) is 9.97 Å². The highest BCUT2D eigenvalue weighted by atomic mass is 35.5. The van der Waals surface area contributed by atoms with Gasteiger partial charge in [0.05, 0.1) is 31.9 Å². The Hall–Kier alpha value is -2.32. The summed E-state index contributed by atoms with van der Waals surface area (Å²) in [6.07, 6.45) is 5.02. The van der Waals surface area contributed by atoms with Crippen LogP contribution in [0.4, 0.5) is 4.79 Å². The molecule has 2 heterocycles. The summed E-state index contributed by atoms with van der Waals surface area (Å²) in [4.78, 5) is 24.8. The molecule has 4 rings (SSSR count). The third kappa shape index (κ3) is 4.39. The molecular weight excluding hydrogens is 408 g/mol. The molecule has 2 aromatic rings. The van der Waals surface area contributed by atoms with Crippen LogP contribution in [0.2, 0.25) is 5.15 Å². The molecule has 0 spiro atoms. The largest absolute Gasteiger partial charge is 0.493 e. The van der Waals surface area contributed by atoms with Gasteiger partial charge in [0.25, 0.3) is 0 Å². The van der Waals surface area contributed by atoms with Crippen molar-refractivity contribution >= 4 is 28.5 Å². The molecule has 9 heteroatoms. The van der Waals surface area contributed by atoms with Gasteiger partial charge >= 0.3 is 6.03 Å². The number of ether oxygens (including phenoxy) is 3. The molecule has 2 amide bonds. The minimum Gasteiger partial charge on any atom is -0.493 e. The van der Waals surface area contributed by atoms with E-state index in [-0.39, 0.29) is 18.2 Å². The van der Waals surface area contributed by atoms with E-state index in [9.17, 15) is 4.79 Å². The molecule has 0 unspecified atom stereocenters. The molecule has 2 fully saturated rings. The molecule has 0 N–H and O–H groups in total. The van der Waals surface area contributed by atoms with Crippen molar-refractivity contribution in [3.05, 3.63) is 23.6 Å². The topological polar surface area (TPSA) is 77.0 Å². The summed E-state index contributed by atoms with van der Waals surface area (Å²) >= 11 is 6.22. The summed E-state index contributed by atoms with van der Waals surface area (Å²) in [5.41, 5.74) is 0.714. The number of aromatic nitrogens is 2. The van der Waals surface area contributed by atoms with E-state index in [1.807, 2.05) is 29.0 Å². The smallest absolute Gasteiger partial charge is 0.320 e. The molecule has 0 atom stereocenters. The molecule has 2 aliphatic rings. The predicted molar refractivity (Wildman–Crippen MR) is 113 cm³/mol. The van der Waals surface area contributed by atoms with E-state index in [0.717, 1.165) is 31.1 Å². The van der Waals surface area contributed by atoms with Crippen molar-refractivity contribution in [2.75, 3.05) is 40.5 Å². The highest BCUT2D eigenvalue weighted by Crippen LogP contribution is 2.36. The number of amides is 2. The van der Waals surface area contributed by atoms with Crippen LogP contribution >= 0.6 is 11.6 Å². The van der Waals surface area contributed by atoms with Crippen molar-refractivity contribution in [2.45, 2.75) is 37.8 Å². The number of rotatable bonds is 4. The second-order valence-electron chi connectivity index (χ2n) is 7.73. The van der Waals surface area contributed by atoms with Crippen LogP contribution in [-0.4, -0.2) is 78.4 Å². The maximum atomic E-state index is 12.7. The molecule has 0 radical (unpaired) electrons. The van der Waals surface area contributed by atoms with E-state index in [1.165, 1.54) is 6.33 Å². The quantitative estimate of drug-likeness (QED) is 0.686. The number of nitrogens with zero attached hydrogens (tertiary/aromatic N) is 4. The summed E-state index contributed by atoms with van der Waals surface area (Å²) < 4.78 is 17.1. The SMILES string of the molecule is COc1cc2ncnc(Cl)c2cc1OC1CCC(N(C)C(=O)N2CCOCC2)CC1. The number of methoxy groups -OCH3 is 1. The average molecular weight is 435 g/mol. The van der Waals surface area contributed by atoms with Crippen LogP contribution in [0.5, 0.6) is 11.5 Å². The fourth-order valence-electron chi connectivity index (χ4n) is 4.15. The van der Waals surface area contributed by atoms with Crippen molar-refractivity contribution < 1.29 is 19.0 Å². The van der Waals surface area contributed by atoms with Crippen LogP contribution in [0.15, 0.2) is 18.5 Å². The number of urea groups is 1. The standard InChI is InChI=1S/C21H27ClN4O4/c1-25(21(27)26-7-9-29-10-8-26)14-3-5-15(6-4-14)30-19-11-16-17(12-18(19)28-2)23-13-24-20(16)22/h11-15H,3-10H2,1-2H3. The maximum Gasteiger partial charge on any atom is 0.320 e. The van der Waals surface area contributed by atoms with Gasteiger partial charge in [-0.25, -0.2) is 14.8 Å². The number of halogens is 1. The number of carbonyl (C=O) groups excluding carboxylic acids is 1. The monoisotopic (exact) mass is 434 g/mol. The van der Waals surface area contributed by atoms with Crippen molar-refractivity contribution in [1.82, 2.24) is 19.8 Å². The first-order chi connectivity index (χ1) is 14.6. The molecule has 1 aliphatic heterocycles. The van der Waals surface area contributed by atoms with Crippen LogP contribution in [0.1, 0.15) is 25.7 Å². The second kappa shape index (κ2) is 9.22. The van der Waals surface area contributed by atoms with E-state index in [1.54, 1.807) is 7.11 Å². The molecule has 1 aromatic carbocycles. The van der Waals surface area contributed by atoms with Crippen molar-refractivity contribution in [1.29, 1.82) is 0 Å². The van der Waals surface area contributed by atoms with Crippen molar-refractivity contribution in [3.63, 3.8) is 0 Å². The van der Waals surface area contributed by atoms with Crippen LogP contribution in [-0.2, 0) is 4.74 Å². The molecule has 8 nitrogen and oxygen atoms in total. The average Bonchev–Trinajstić information content (AvgIpc) is 2.79. The lowest BCUT2D eigenvalue weighted by Gasteiger charge is -2.38. The Morgan fingerprint density at radius 1 is 1.17 bits per heavy atom. The number of carbonyl (C=O) groups is 1. The highest BCUT2D eigenvalue weighted by Gasteiger charge is 2.30. The van der Waals surface area contributed by atoms with Crippen LogP contribution < -0.4 is 9.47 Å². The Morgan fingerprint density at radius 2 is 1.90 bits per heavy atom. The zero-order valence-corrected chi connectivity index (χ0v) is 18.1. The van der Waals surface area contributed by atoms with Gasteiger partial charge < -0.3 is 24.0 Å². The van der Waals surface area contributed by atoms with E-state index in [0.29, 0.717) is 48.5 Å². The zero-order chi connectivity index (χ0) is 21.1. The van der Waals surface area contributed by atoms with Gasteiger partial charge in [0, 0.05) is 37.6 Å². The second-order valence-corrected chi connectivity index (χ2v) is 8.08. The third-order valence-corrected chi connectivity index (χ3v) is 6.24. The molecule has 1 saturated heterocycles. The first-order valence-electron chi connectivity index (χ1n) is 10.3. The maximum absolute atomic E-state index is 12.7. The molecule has 162 valence electrons. The van der Waals surface area contributed by atoms with Gasteiger partial charge in [-0.3, -0.25) is 0 Å². The van der Waals surface area contributed by atoms with Gasteiger partial charge in [0.2, 0.25) is 0 Å². The molecule has 1 aromatic heterocycles. The Bertz CT molecular complexity index is 898. The molecule has 1 saturated carbocycles. The normalized spacial score (nSPS) is 22.0. The van der Waals surface area contributed by atoms with E-state index < -0.39 is 0 Å². The number of fused-ring (bicyclic) bond motifs is 1. The lowest BCUT2D eigenvalue weighted by Crippen LogP contribution is -2.51. The number of hydrogen-bond acceptors (Lipinski definition) is 6. The third-order valence-electron chi connectivity index (χ3n) is 5.94. The summed E-state index contributed by atoms with van der Waals surface area (Å²) in [6, 6.07) is 3.98. The molecule has 1 aliphatic carbocycles. The molecular formula is C21H27ClN4O4. The van der Waals surface area contributed by atoms with Crippen LogP contribution in [0.25, 0.3) is 10.9 Å². The van der Waals surface area contributed by atoms with E-state index >= 15 is 0 Å². The van der Waals surface area contributed by atoms with Crippen molar-refractivity contribution in [3.8, 4) is 11.5 Å². The van der Waals surface area contributed by atoms with Gasteiger partial charge in [-0.2, -0.15) is 0 Å². The van der Waals surface area contributed by atoms with Gasteiger partial charge in [-0.15, -0.1) is 0 Å². The summed E-state index contributed by atoms with van der Waals surface area (Å²) in [5, 5.41) is 1.12. The van der Waals surface area contributed by atoms with Gasteiger partial charge in [-0.05, 0) is 31.7 Å². The summed E-state index contributed by atoms with van der Waals surface area (Å²) in [7, 11) is 3.51. The molecule has 0 bridgehead atoms. The lowest BCUT2D eigenvalue weighted by atomic mass is 9.92. The Kier molecular flexibility index (Phi) is 6.43. The van der Waals surface area contributed by atoms with Crippen LogP contribution in [0, 0.1) is 0 Å². The van der Waals surface area contributed by atoms with Gasteiger partial charge in [-0.1, -0.05) is 11.6 Å². The minimum absolute atomic E-state index is 0.0582. The number of morpholine rings is 1. The van der Waals surface area contributed by atoms with Crippen LogP contribution in [0.3, 0.4) is 0 Å². The number of benzene rings is 1. The highest BCUT2D eigenvalue weighted by molar-refractivity contribution is 6.34. The summed E-state index contributed by atoms with van der Waals surface area (Å²) in [6.45, 7) is 2.55. The fraction of sp³-hybridized carbons (Fsp3) is 0.571. The first-order valence-corrected chi connectivity index (χ1v) is 10.7. The Balaban J connectivity index is 1.39. The minimum atomic E-state index is 0.0582. The Labute approximate surface area is 181 Å². The van der Waals surface area contributed by atoms with Crippen molar-refractivity contribution in [2.24, 2.45) is 0 Å². The summed E-state index contributed by atoms with van der Waals surface area (Å²) in [5.74, 6) is 1.27. The first kappa shape index (κ1) is 20.9. The predicted octanol–water partition coefficient (Wildman–Crippen LogP) is 3.37. The van der Waals surface area contributed by atoms with E-state index in [4.69, 9.17) is 25.8 Å². The van der Waals surface area contributed by atoms with Gasteiger partial charge in [0.1, 0.15) is 11.5 Å². The number of hydrogen-bond donors (Lipinski definition) is 0. The lowest BCUT2D eigenvalue weighted by molar-refractivity contribution is 0.0369. The molecule has 30 heavy (non-hydrogen) atoms.